The molecule has 0 unspecified atom stereocenters. The molecule has 0 bridgehead atoms. The Kier molecular flexibility index (Phi) is 3.40. The molecule has 3 aromatic rings. The van der Waals surface area contributed by atoms with Gasteiger partial charge in [-0.25, -0.2) is 4.39 Å². The second-order valence-electron chi connectivity index (χ2n) is 4.74. The molecular formula is C18H13FO2. The number of hydrogen-bond acceptors (Lipinski definition) is 2. The summed E-state index contributed by atoms with van der Waals surface area (Å²) >= 11 is 0. The van der Waals surface area contributed by atoms with Crippen LogP contribution < -0.4 is 4.74 Å². The maximum absolute atomic E-state index is 13.4. The van der Waals surface area contributed by atoms with E-state index in [1.165, 1.54) is 25.3 Å². The van der Waals surface area contributed by atoms with E-state index in [4.69, 9.17) is 4.74 Å². The van der Waals surface area contributed by atoms with Crippen molar-refractivity contribution in [2.24, 2.45) is 0 Å². The van der Waals surface area contributed by atoms with E-state index in [1.807, 2.05) is 36.4 Å². The number of fused-ring (bicyclic) bond motifs is 1. The molecule has 0 aliphatic heterocycles. The normalized spacial score (nSPS) is 10.6. The van der Waals surface area contributed by atoms with Crippen molar-refractivity contribution in [3.05, 3.63) is 77.6 Å². The predicted octanol–water partition coefficient (Wildman–Crippen LogP) is 4.22. The molecule has 2 nitrogen and oxygen atoms in total. The van der Waals surface area contributed by atoms with E-state index in [-0.39, 0.29) is 11.5 Å². The van der Waals surface area contributed by atoms with E-state index < -0.39 is 5.82 Å². The summed E-state index contributed by atoms with van der Waals surface area (Å²) in [4.78, 5) is 12.5. The Morgan fingerprint density at radius 2 is 1.57 bits per heavy atom. The number of ketones is 1. The van der Waals surface area contributed by atoms with Crippen molar-refractivity contribution in [1.29, 1.82) is 0 Å². The molecule has 0 aliphatic rings. The van der Waals surface area contributed by atoms with Gasteiger partial charge in [0.1, 0.15) is 0 Å². The lowest BCUT2D eigenvalue weighted by Crippen LogP contribution is -2.02. The summed E-state index contributed by atoms with van der Waals surface area (Å²) in [6, 6.07) is 17.5. The van der Waals surface area contributed by atoms with Crippen LogP contribution in [0.5, 0.6) is 5.75 Å². The molecule has 0 radical (unpaired) electrons. The molecular weight excluding hydrogens is 267 g/mol. The SMILES string of the molecule is COc1cc(C(=O)c2ccc3ccccc3c2)ccc1F. The summed E-state index contributed by atoms with van der Waals surface area (Å²) in [7, 11) is 1.38. The van der Waals surface area contributed by atoms with Gasteiger partial charge >= 0.3 is 0 Å². The highest BCUT2D eigenvalue weighted by molar-refractivity contribution is 6.10. The van der Waals surface area contributed by atoms with E-state index in [1.54, 1.807) is 6.07 Å². The first-order valence-electron chi connectivity index (χ1n) is 6.56. The van der Waals surface area contributed by atoms with E-state index in [2.05, 4.69) is 0 Å². The number of ether oxygens (including phenoxy) is 1. The Morgan fingerprint density at radius 1 is 0.905 bits per heavy atom. The summed E-state index contributed by atoms with van der Waals surface area (Å²) < 4.78 is 18.3. The molecule has 0 atom stereocenters. The van der Waals surface area contributed by atoms with Crippen molar-refractivity contribution in [3.8, 4) is 5.75 Å². The van der Waals surface area contributed by atoms with Crippen LogP contribution in [0.1, 0.15) is 15.9 Å². The van der Waals surface area contributed by atoms with Crippen LogP contribution in [0.15, 0.2) is 60.7 Å². The Labute approximate surface area is 121 Å². The minimum Gasteiger partial charge on any atom is -0.494 e. The molecule has 0 aromatic heterocycles. The summed E-state index contributed by atoms with van der Waals surface area (Å²) in [5.74, 6) is -0.562. The second-order valence-corrected chi connectivity index (χ2v) is 4.74. The van der Waals surface area contributed by atoms with Crippen LogP contribution in [-0.4, -0.2) is 12.9 Å². The third-order valence-corrected chi connectivity index (χ3v) is 3.42. The monoisotopic (exact) mass is 280 g/mol. The highest BCUT2D eigenvalue weighted by Gasteiger charge is 2.12. The Balaban J connectivity index is 2.03. The average Bonchev–Trinajstić information content (AvgIpc) is 2.54. The van der Waals surface area contributed by atoms with Gasteiger partial charge in [-0.3, -0.25) is 4.79 Å². The Bertz CT molecular complexity index is 824. The lowest BCUT2D eigenvalue weighted by atomic mass is 10.00. The van der Waals surface area contributed by atoms with Crippen LogP contribution in [-0.2, 0) is 0 Å². The first-order chi connectivity index (χ1) is 10.2. The number of carbonyl (C=O) groups is 1. The quantitative estimate of drug-likeness (QED) is 0.671. The average molecular weight is 280 g/mol. The zero-order valence-electron chi connectivity index (χ0n) is 11.5. The van der Waals surface area contributed by atoms with Crippen LogP contribution >= 0.6 is 0 Å². The largest absolute Gasteiger partial charge is 0.494 e. The van der Waals surface area contributed by atoms with Gasteiger partial charge in [0.15, 0.2) is 17.3 Å². The van der Waals surface area contributed by atoms with Crippen molar-refractivity contribution in [2.75, 3.05) is 7.11 Å². The number of rotatable bonds is 3. The summed E-state index contributed by atoms with van der Waals surface area (Å²) in [6.45, 7) is 0. The maximum Gasteiger partial charge on any atom is 0.193 e. The number of carbonyl (C=O) groups excluding carboxylic acids is 1. The molecule has 21 heavy (non-hydrogen) atoms. The number of hydrogen-bond donors (Lipinski definition) is 0. The molecule has 3 heteroatoms. The van der Waals surface area contributed by atoms with Crippen molar-refractivity contribution in [1.82, 2.24) is 0 Å². The van der Waals surface area contributed by atoms with Crippen LogP contribution in [0.2, 0.25) is 0 Å². The Morgan fingerprint density at radius 3 is 2.33 bits per heavy atom. The maximum atomic E-state index is 13.4. The van der Waals surface area contributed by atoms with Gasteiger partial charge in [-0.15, -0.1) is 0 Å². The van der Waals surface area contributed by atoms with Gasteiger partial charge in [0.25, 0.3) is 0 Å². The fourth-order valence-electron chi connectivity index (χ4n) is 2.30. The van der Waals surface area contributed by atoms with Gasteiger partial charge in [0.05, 0.1) is 7.11 Å². The van der Waals surface area contributed by atoms with Crippen molar-refractivity contribution < 1.29 is 13.9 Å². The third-order valence-electron chi connectivity index (χ3n) is 3.42. The fourth-order valence-corrected chi connectivity index (χ4v) is 2.30. The van der Waals surface area contributed by atoms with Crippen LogP contribution in [0.3, 0.4) is 0 Å². The molecule has 0 N–H and O–H groups in total. The van der Waals surface area contributed by atoms with Gasteiger partial charge < -0.3 is 4.74 Å². The van der Waals surface area contributed by atoms with Gasteiger partial charge in [0.2, 0.25) is 0 Å². The number of benzene rings is 3. The molecule has 3 aromatic carbocycles. The lowest BCUT2D eigenvalue weighted by Gasteiger charge is -2.06. The van der Waals surface area contributed by atoms with E-state index >= 15 is 0 Å². The fraction of sp³-hybridized carbons (Fsp3) is 0.0556. The number of halogens is 1. The van der Waals surface area contributed by atoms with Crippen LogP contribution in [0.4, 0.5) is 4.39 Å². The van der Waals surface area contributed by atoms with Gasteiger partial charge in [-0.2, -0.15) is 0 Å². The van der Waals surface area contributed by atoms with Crippen molar-refractivity contribution >= 4 is 16.6 Å². The molecule has 0 aliphatic carbocycles. The standard InChI is InChI=1S/C18H13FO2/c1-21-17-11-15(8-9-16(17)19)18(20)14-7-6-12-4-2-3-5-13(12)10-14/h2-11H,1H3. The van der Waals surface area contributed by atoms with Crippen LogP contribution in [0, 0.1) is 5.82 Å². The third kappa shape index (κ3) is 2.50. The van der Waals surface area contributed by atoms with E-state index in [0.717, 1.165) is 10.8 Å². The lowest BCUT2D eigenvalue weighted by molar-refractivity contribution is 0.103. The smallest absolute Gasteiger partial charge is 0.193 e. The molecule has 0 saturated heterocycles. The second kappa shape index (κ2) is 5.37. The summed E-state index contributed by atoms with van der Waals surface area (Å²) in [6.07, 6.45) is 0. The molecule has 0 amide bonds. The molecule has 104 valence electrons. The zero-order valence-corrected chi connectivity index (χ0v) is 11.5. The zero-order chi connectivity index (χ0) is 14.8. The Hall–Kier alpha value is -2.68. The summed E-state index contributed by atoms with van der Waals surface area (Å²) in [5.41, 5.74) is 0.978. The van der Waals surface area contributed by atoms with Gasteiger partial charge in [-0.05, 0) is 35.0 Å². The van der Waals surface area contributed by atoms with E-state index in [0.29, 0.717) is 11.1 Å². The van der Waals surface area contributed by atoms with Crippen LogP contribution in [0.25, 0.3) is 10.8 Å². The topological polar surface area (TPSA) is 26.3 Å². The molecule has 3 rings (SSSR count). The highest BCUT2D eigenvalue weighted by Crippen LogP contribution is 2.22. The highest BCUT2D eigenvalue weighted by atomic mass is 19.1. The van der Waals surface area contributed by atoms with Crippen molar-refractivity contribution in [2.45, 2.75) is 0 Å². The molecule has 0 heterocycles. The molecule has 0 fully saturated rings. The minimum atomic E-state index is -0.479. The number of methoxy groups -OCH3 is 1. The predicted molar refractivity (Wildman–Crippen MR) is 80.3 cm³/mol. The molecule has 0 spiro atoms. The van der Waals surface area contributed by atoms with E-state index in [9.17, 15) is 9.18 Å². The van der Waals surface area contributed by atoms with Gasteiger partial charge in [0, 0.05) is 11.1 Å². The minimum absolute atomic E-state index is 0.0710. The first kappa shape index (κ1) is 13.3. The first-order valence-corrected chi connectivity index (χ1v) is 6.56. The van der Waals surface area contributed by atoms with Gasteiger partial charge in [-0.1, -0.05) is 36.4 Å². The summed E-state index contributed by atoms with van der Waals surface area (Å²) in [5, 5.41) is 2.07. The molecule has 0 saturated carbocycles. The van der Waals surface area contributed by atoms with Crippen molar-refractivity contribution in [3.63, 3.8) is 0 Å².